The van der Waals surface area contributed by atoms with E-state index in [1.54, 1.807) is 6.92 Å². The largest absolute Gasteiger partial charge is 0.490 e. The number of hydrogen-bond acceptors (Lipinski definition) is 3. The predicted octanol–water partition coefficient (Wildman–Crippen LogP) is 0.608. The molecule has 0 fully saturated rings. The Morgan fingerprint density at radius 2 is 1.67 bits per heavy atom. The molecule has 88 valence electrons. The maximum Gasteiger partial charge on any atom is 0.490 e. The van der Waals surface area contributed by atoms with Gasteiger partial charge in [-0.2, -0.15) is 13.2 Å². The first-order valence-corrected chi connectivity index (χ1v) is 3.54. The van der Waals surface area contributed by atoms with E-state index in [1.165, 1.54) is 6.08 Å². The van der Waals surface area contributed by atoms with Crippen LogP contribution in [0.5, 0.6) is 0 Å². The highest BCUT2D eigenvalue weighted by molar-refractivity contribution is 5.79. The third-order valence-electron chi connectivity index (χ3n) is 0.785. The van der Waals surface area contributed by atoms with E-state index in [4.69, 9.17) is 20.7 Å². The van der Waals surface area contributed by atoms with E-state index in [9.17, 15) is 18.0 Å². The van der Waals surface area contributed by atoms with Crippen molar-refractivity contribution in [1.82, 2.24) is 0 Å². The van der Waals surface area contributed by atoms with Crippen molar-refractivity contribution in [2.45, 2.75) is 19.1 Å². The lowest BCUT2D eigenvalue weighted by atomic mass is 10.3. The van der Waals surface area contributed by atoms with Crippen molar-refractivity contribution in [2.75, 3.05) is 0 Å². The van der Waals surface area contributed by atoms with Crippen LogP contribution in [0.4, 0.5) is 13.2 Å². The molecule has 15 heavy (non-hydrogen) atoms. The lowest BCUT2D eigenvalue weighted by Gasteiger charge is -1.93. The van der Waals surface area contributed by atoms with Crippen molar-refractivity contribution in [3.63, 3.8) is 0 Å². The van der Waals surface area contributed by atoms with Gasteiger partial charge in [0.25, 0.3) is 0 Å². The summed E-state index contributed by atoms with van der Waals surface area (Å²) in [5, 5.41) is 15.1. The zero-order chi connectivity index (χ0) is 12.6. The molecular formula is C7H10F3NO4. The van der Waals surface area contributed by atoms with Gasteiger partial charge in [0.1, 0.15) is 0 Å². The topological polar surface area (TPSA) is 101 Å². The lowest BCUT2D eigenvalue weighted by molar-refractivity contribution is -0.192. The maximum absolute atomic E-state index is 10.6. The molecule has 0 bridgehead atoms. The van der Waals surface area contributed by atoms with E-state index < -0.39 is 18.1 Å². The summed E-state index contributed by atoms with van der Waals surface area (Å²) in [6, 6.07) is -0.175. The summed E-state index contributed by atoms with van der Waals surface area (Å²) in [5.74, 6) is -3.71. The van der Waals surface area contributed by atoms with Gasteiger partial charge < -0.3 is 15.9 Å². The first kappa shape index (κ1) is 15.9. The molecule has 0 aromatic heterocycles. The Morgan fingerprint density at radius 3 is 1.73 bits per heavy atom. The Hall–Kier alpha value is -1.57. The average molecular weight is 229 g/mol. The van der Waals surface area contributed by atoms with Crippen LogP contribution in [0.15, 0.2) is 12.2 Å². The second-order valence-electron chi connectivity index (χ2n) is 2.36. The van der Waals surface area contributed by atoms with Crippen LogP contribution in [-0.4, -0.2) is 34.4 Å². The summed E-state index contributed by atoms with van der Waals surface area (Å²) in [6.07, 6.45) is -2.63. The monoisotopic (exact) mass is 229 g/mol. The molecule has 0 radical (unpaired) electrons. The highest BCUT2D eigenvalue weighted by Crippen LogP contribution is 2.13. The minimum Gasteiger partial charge on any atom is -0.478 e. The second-order valence-corrected chi connectivity index (χ2v) is 2.36. The van der Waals surface area contributed by atoms with Crippen molar-refractivity contribution in [1.29, 1.82) is 0 Å². The fourth-order valence-corrected chi connectivity index (χ4v) is 0.234. The molecule has 8 heteroatoms. The molecule has 5 nitrogen and oxygen atoms in total. The van der Waals surface area contributed by atoms with Gasteiger partial charge in [-0.3, -0.25) is 0 Å². The minimum absolute atomic E-state index is 0.175. The van der Waals surface area contributed by atoms with Gasteiger partial charge in [0, 0.05) is 12.1 Å². The molecule has 0 rings (SSSR count). The summed E-state index contributed by atoms with van der Waals surface area (Å²) < 4.78 is 31.7. The normalized spacial score (nSPS) is 12.9. The SMILES string of the molecule is C[C@@H](N)C=CC(=O)O.O=C(O)C(F)(F)F. The second kappa shape index (κ2) is 6.82. The first-order chi connectivity index (χ1) is 6.57. The van der Waals surface area contributed by atoms with Crippen molar-refractivity contribution in [2.24, 2.45) is 5.73 Å². The molecule has 0 aliphatic rings. The van der Waals surface area contributed by atoms with Gasteiger partial charge in [-0.05, 0) is 6.92 Å². The van der Waals surface area contributed by atoms with Gasteiger partial charge in [-0.15, -0.1) is 0 Å². The van der Waals surface area contributed by atoms with Gasteiger partial charge in [-0.1, -0.05) is 6.08 Å². The number of carboxylic acids is 2. The third kappa shape index (κ3) is 15.2. The average Bonchev–Trinajstić information content (AvgIpc) is 2.00. The summed E-state index contributed by atoms with van der Waals surface area (Å²) in [5.41, 5.74) is 5.19. The van der Waals surface area contributed by atoms with E-state index in [2.05, 4.69) is 0 Å². The van der Waals surface area contributed by atoms with Crippen LogP contribution in [0.25, 0.3) is 0 Å². The molecular weight excluding hydrogens is 219 g/mol. The summed E-state index contributed by atoms with van der Waals surface area (Å²) in [6.45, 7) is 1.71. The zero-order valence-electron chi connectivity index (χ0n) is 7.65. The molecule has 0 spiro atoms. The number of alkyl halides is 3. The smallest absolute Gasteiger partial charge is 0.478 e. The van der Waals surface area contributed by atoms with E-state index in [0.29, 0.717) is 0 Å². The van der Waals surface area contributed by atoms with Gasteiger partial charge >= 0.3 is 18.1 Å². The number of nitrogens with two attached hydrogens (primary N) is 1. The molecule has 0 aliphatic carbocycles. The highest BCUT2D eigenvalue weighted by Gasteiger charge is 2.38. The summed E-state index contributed by atoms with van der Waals surface area (Å²) >= 11 is 0. The van der Waals surface area contributed by atoms with Crippen LogP contribution < -0.4 is 5.73 Å². The van der Waals surface area contributed by atoms with E-state index in [-0.39, 0.29) is 6.04 Å². The van der Waals surface area contributed by atoms with Crippen molar-refractivity contribution in [3.8, 4) is 0 Å². The molecule has 0 aromatic carbocycles. The fraction of sp³-hybridized carbons (Fsp3) is 0.429. The molecule has 0 aliphatic heterocycles. The van der Waals surface area contributed by atoms with Crippen LogP contribution in [0.3, 0.4) is 0 Å². The fourth-order valence-electron chi connectivity index (χ4n) is 0.234. The Balaban J connectivity index is 0. The Morgan fingerprint density at radius 1 is 1.33 bits per heavy atom. The molecule has 1 atom stereocenters. The number of hydrogen-bond donors (Lipinski definition) is 3. The van der Waals surface area contributed by atoms with Crippen LogP contribution in [0, 0.1) is 0 Å². The van der Waals surface area contributed by atoms with Gasteiger partial charge in [0.15, 0.2) is 0 Å². The van der Waals surface area contributed by atoms with E-state index >= 15 is 0 Å². The van der Waals surface area contributed by atoms with E-state index in [0.717, 1.165) is 6.08 Å². The molecule has 4 N–H and O–H groups in total. The lowest BCUT2D eigenvalue weighted by Crippen LogP contribution is -2.21. The van der Waals surface area contributed by atoms with Gasteiger partial charge in [0.2, 0.25) is 0 Å². The van der Waals surface area contributed by atoms with Crippen molar-refractivity contribution < 1.29 is 33.0 Å². The molecule has 0 unspecified atom stereocenters. The molecule has 0 amide bonds. The van der Waals surface area contributed by atoms with E-state index in [1.807, 2.05) is 0 Å². The van der Waals surface area contributed by atoms with Crippen LogP contribution in [0.2, 0.25) is 0 Å². The first-order valence-electron chi connectivity index (χ1n) is 3.54. The Bertz CT molecular complexity index is 247. The Kier molecular flexibility index (Phi) is 7.22. The third-order valence-corrected chi connectivity index (χ3v) is 0.785. The number of halogens is 3. The van der Waals surface area contributed by atoms with Crippen LogP contribution in [-0.2, 0) is 9.59 Å². The number of carbonyl (C=O) groups is 2. The van der Waals surface area contributed by atoms with Gasteiger partial charge in [-0.25, -0.2) is 9.59 Å². The molecule has 0 aromatic rings. The number of carboxylic acid groups (broad SMARTS) is 2. The standard InChI is InChI=1S/C5H9NO2.C2HF3O2/c1-4(6)2-3-5(7)8;3-2(4,5)1(6)7/h2-4H,6H2,1H3,(H,7,8);(H,6,7)/t4-;/m1./s1. The molecule has 0 saturated heterocycles. The van der Waals surface area contributed by atoms with Gasteiger partial charge in [0.05, 0.1) is 0 Å². The van der Waals surface area contributed by atoms with Crippen LogP contribution in [0.1, 0.15) is 6.92 Å². The van der Waals surface area contributed by atoms with Crippen LogP contribution >= 0.6 is 0 Å². The van der Waals surface area contributed by atoms with Crippen molar-refractivity contribution in [3.05, 3.63) is 12.2 Å². The molecule has 0 heterocycles. The maximum atomic E-state index is 10.6. The highest BCUT2D eigenvalue weighted by atomic mass is 19.4. The number of aliphatic carboxylic acids is 2. The zero-order valence-corrected chi connectivity index (χ0v) is 7.65. The number of rotatable bonds is 2. The predicted molar refractivity (Wildman–Crippen MR) is 44.1 cm³/mol. The summed E-state index contributed by atoms with van der Waals surface area (Å²) in [7, 11) is 0. The Labute approximate surface area is 83.0 Å². The quantitative estimate of drug-likeness (QED) is 0.602. The van der Waals surface area contributed by atoms with Crippen molar-refractivity contribution >= 4 is 11.9 Å². The molecule has 0 saturated carbocycles. The minimum atomic E-state index is -5.08. The summed E-state index contributed by atoms with van der Waals surface area (Å²) in [4.78, 5) is 18.7.